The minimum absolute atomic E-state index is 0.122. The lowest BCUT2D eigenvalue weighted by Gasteiger charge is -2.36. The van der Waals surface area contributed by atoms with Crippen LogP contribution in [-0.2, 0) is 4.74 Å². The van der Waals surface area contributed by atoms with Crippen molar-refractivity contribution < 1.29 is 19.4 Å². The zero-order chi connectivity index (χ0) is 23.6. The highest BCUT2D eigenvalue weighted by atomic mass is 16.6. The summed E-state index contributed by atoms with van der Waals surface area (Å²) in [5.41, 5.74) is 4.60. The topological polar surface area (TPSA) is 84.8 Å². The van der Waals surface area contributed by atoms with Crippen LogP contribution < -0.4 is 4.74 Å². The molecule has 174 valence electrons. The molecular formula is C25H35N3O4. The summed E-state index contributed by atoms with van der Waals surface area (Å²) in [5, 5.41) is 20.1. The first kappa shape index (κ1) is 24.0. The maximum Gasteiger partial charge on any atom is 0.410 e. The van der Waals surface area contributed by atoms with Crippen molar-refractivity contribution in [2.75, 3.05) is 20.2 Å². The van der Waals surface area contributed by atoms with Gasteiger partial charge < -0.3 is 19.5 Å². The predicted octanol–water partition coefficient (Wildman–Crippen LogP) is 4.76. The molecule has 1 saturated heterocycles. The normalized spacial score (nSPS) is 17.8. The van der Waals surface area contributed by atoms with Gasteiger partial charge >= 0.3 is 6.09 Å². The van der Waals surface area contributed by atoms with E-state index in [1.54, 1.807) is 12.0 Å². The Balaban J connectivity index is 1.84. The number of rotatable bonds is 4. The fourth-order valence-electron chi connectivity index (χ4n) is 4.14. The summed E-state index contributed by atoms with van der Waals surface area (Å²) >= 11 is 0. The molecule has 1 aromatic heterocycles. The van der Waals surface area contributed by atoms with Gasteiger partial charge in [-0.1, -0.05) is 6.07 Å². The second-order valence-electron chi connectivity index (χ2n) is 9.66. The van der Waals surface area contributed by atoms with Crippen LogP contribution in [0.1, 0.15) is 62.1 Å². The molecule has 1 aromatic carbocycles. The van der Waals surface area contributed by atoms with E-state index >= 15 is 0 Å². The monoisotopic (exact) mass is 441 g/mol. The number of aliphatic hydroxyl groups excluding tert-OH is 1. The average Bonchev–Trinajstić information content (AvgIpc) is 2.74. The van der Waals surface area contributed by atoms with Crippen molar-refractivity contribution in [2.24, 2.45) is 5.92 Å². The quantitative estimate of drug-likeness (QED) is 0.736. The molecule has 1 N–H and O–H groups in total. The molecule has 7 heteroatoms. The molecule has 0 aliphatic carbocycles. The van der Waals surface area contributed by atoms with Crippen molar-refractivity contribution >= 4 is 6.09 Å². The van der Waals surface area contributed by atoms with Gasteiger partial charge in [-0.05, 0) is 83.2 Å². The van der Waals surface area contributed by atoms with Gasteiger partial charge in [0.05, 0.1) is 18.5 Å². The first-order valence-corrected chi connectivity index (χ1v) is 11.2. The molecule has 32 heavy (non-hydrogen) atoms. The molecule has 3 rings (SSSR count). The van der Waals surface area contributed by atoms with Crippen LogP contribution in [0.2, 0.25) is 0 Å². The third-order valence-corrected chi connectivity index (χ3v) is 6.01. The lowest BCUT2D eigenvalue weighted by Crippen LogP contribution is -2.44. The fourth-order valence-corrected chi connectivity index (χ4v) is 4.14. The number of carbonyl (C=O) groups excluding carboxylic acids is 1. The first-order valence-electron chi connectivity index (χ1n) is 11.2. The molecule has 2 atom stereocenters. The summed E-state index contributed by atoms with van der Waals surface area (Å²) in [5.74, 6) is 0.624. The number of hydrogen-bond acceptors (Lipinski definition) is 6. The lowest BCUT2D eigenvalue weighted by atomic mass is 9.88. The van der Waals surface area contributed by atoms with Crippen LogP contribution in [0.25, 0.3) is 11.3 Å². The number of aromatic nitrogens is 2. The van der Waals surface area contributed by atoms with Crippen LogP contribution in [0.15, 0.2) is 18.2 Å². The largest absolute Gasteiger partial charge is 0.496 e. The smallest absolute Gasteiger partial charge is 0.410 e. The molecule has 2 heterocycles. The van der Waals surface area contributed by atoms with Crippen molar-refractivity contribution in [3.8, 4) is 17.0 Å². The van der Waals surface area contributed by atoms with Gasteiger partial charge in [0.2, 0.25) is 0 Å². The second kappa shape index (κ2) is 9.45. The van der Waals surface area contributed by atoms with E-state index in [4.69, 9.17) is 9.47 Å². The van der Waals surface area contributed by atoms with Crippen LogP contribution in [0.5, 0.6) is 5.75 Å². The predicted molar refractivity (Wildman–Crippen MR) is 124 cm³/mol. The SMILES string of the molecule is COc1cc(C)ccc1-c1nnc(C(O)C2CCCN(C(=O)OC(C)(C)C)C2)c(C)c1C. The zero-order valence-corrected chi connectivity index (χ0v) is 20.2. The number of methoxy groups -OCH3 is 1. The van der Waals surface area contributed by atoms with E-state index in [2.05, 4.69) is 10.2 Å². The van der Waals surface area contributed by atoms with E-state index in [-0.39, 0.29) is 12.0 Å². The minimum atomic E-state index is -0.805. The van der Waals surface area contributed by atoms with Crippen molar-refractivity contribution in [3.63, 3.8) is 0 Å². The molecule has 2 aromatic rings. The van der Waals surface area contributed by atoms with Gasteiger partial charge in [-0.15, -0.1) is 5.10 Å². The Morgan fingerprint density at radius 2 is 1.91 bits per heavy atom. The first-order chi connectivity index (χ1) is 15.0. The summed E-state index contributed by atoms with van der Waals surface area (Å²) < 4.78 is 11.1. The zero-order valence-electron chi connectivity index (χ0n) is 20.2. The van der Waals surface area contributed by atoms with Crippen LogP contribution in [-0.4, -0.2) is 52.1 Å². The second-order valence-corrected chi connectivity index (χ2v) is 9.66. The molecule has 7 nitrogen and oxygen atoms in total. The Bertz CT molecular complexity index is 984. The van der Waals surface area contributed by atoms with Gasteiger partial charge in [-0.25, -0.2) is 4.79 Å². The Morgan fingerprint density at radius 1 is 1.19 bits per heavy atom. The molecule has 1 amide bonds. The summed E-state index contributed by atoms with van der Waals surface area (Å²) in [6, 6.07) is 5.98. The molecule has 0 saturated carbocycles. The van der Waals surface area contributed by atoms with Crippen molar-refractivity contribution in [1.29, 1.82) is 0 Å². The highest BCUT2D eigenvalue weighted by molar-refractivity contribution is 5.71. The highest BCUT2D eigenvalue weighted by Gasteiger charge is 2.33. The standard InChI is InChI=1S/C25H35N3O4/c1-15-10-11-19(20(13-15)31-7)21-16(2)17(3)22(27-26-21)23(29)18-9-8-12-28(14-18)24(30)32-25(4,5)6/h10-11,13,18,23,29H,8-9,12,14H2,1-7H3. The summed E-state index contributed by atoms with van der Waals surface area (Å²) in [6.45, 7) is 12.6. The Labute approximate surface area is 190 Å². The molecule has 0 bridgehead atoms. The van der Waals surface area contributed by atoms with E-state index in [0.717, 1.165) is 46.5 Å². The van der Waals surface area contributed by atoms with E-state index in [1.165, 1.54) is 0 Å². The number of piperidine rings is 1. The molecule has 0 spiro atoms. The third kappa shape index (κ3) is 5.21. The maximum atomic E-state index is 12.5. The number of hydrogen-bond donors (Lipinski definition) is 1. The number of amides is 1. The van der Waals surface area contributed by atoms with Crippen LogP contribution in [0.3, 0.4) is 0 Å². The molecule has 1 aliphatic heterocycles. The number of carbonyl (C=O) groups is 1. The summed E-state index contributed by atoms with van der Waals surface area (Å²) in [6.07, 6.45) is 0.481. The summed E-state index contributed by atoms with van der Waals surface area (Å²) in [4.78, 5) is 14.2. The van der Waals surface area contributed by atoms with E-state index in [9.17, 15) is 9.90 Å². The van der Waals surface area contributed by atoms with Crippen molar-refractivity contribution in [2.45, 2.75) is 66.1 Å². The summed E-state index contributed by atoms with van der Waals surface area (Å²) in [7, 11) is 1.64. The van der Waals surface area contributed by atoms with E-state index in [0.29, 0.717) is 18.8 Å². The molecular weight excluding hydrogens is 406 g/mol. The van der Waals surface area contributed by atoms with Crippen molar-refractivity contribution in [1.82, 2.24) is 15.1 Å². The number of likely N-dealkylation sites (tertiary alicyclic amines) is 1. The van der Waals surface area contributed by atoms with Gasteiger partial charge in [0, 0.05) is 24.6 Å². The van der Waals surface area contributed by atoms with Gasteiger partial charge in [0.15, 0.2) is 0 Å². The molecule has 0 radical (unpaired) electrons. The number of benzene rings is 1. The third-order valence-electron chi connectivity index (χ3n) is 6.01. The van der Waals surface area contributed by atoms with Crippen LogP contribution in [0.4, 0.5) is 4.79 Å². The van der Waals surface area contributed by atoms with Gasteiger partial charge in [-0.3, -0.25) is 0 Å². The average molecular weight is 442 g/mol. The molecule has 1 fully saturated rings. The van der Waals surface area contributed by atoms with Gasteiger partial charge in [0.1, 0.15) is 17.5 Å². The van der Waals surface area contributed by atoms with Crippen LogP contribution in [0, 0.1) is 26.7 Å². The Hall–Kier alpha value is -2.67. The maximum absolute atomic E-state index is 12.5. The van der Waals surface area contributed by atoms with E-state index in [1.807, 2.05) is 59.7 Å². The lowest BCUT2D eigenvalue weighted by molar-refractivity contribution is 0.00149. The van der Waals surface area contributed by atoms with Gasteiger partial charge in [0.25, 0.3) is 0 Å². The molecule has 1 aliphatic rings. The Morgan fingerprint density at radius 3 is 2.56 bits per heavy atom. The minimum Gasteiger partial charge on any atom is -0.496 e. The van der Waals surface area contributed by atoms with E-state index < -0.39 is 11.7 Å². The Kier molecular flexibility index (Phi) is 7.08. The number of aliphatic hydroxyl groups is 1. The number of nitrogens with zero attached hydrogens (tertiary/aromatic N) is 3. The fraction of sp³-hybridized carbons (Fsp3) is 0.560. The van der Waals surface area contributed by atoms with Gasteiger partial charge in [-0.2, -0.15) is 5.10 Å². The number of aryl methyl sites for hydroxylation is 1. The van der Waals surface area contributed by atoms with Crippen molar-refractivity contribution in [3.05, 3.63) is 40.6 Å². The highest BCUT2D eigenvalue weighted by Crippen LogP contribution is 2.36. The number of ether oxygens (including phenoxy) is 2. The molecule has 2 unspecified atom stereocenters. The van der Waals surface area contributed by atoms with Crippen LogP contribution >= 0.6 is 0 Å².